The molecule has 0 rings (SSSR count). The number of nitrogens with one attached hydrogen (secondary N) is 3. The molecule has 0 bridgehead atoms. The molecule has 172 valence electrons. The summed E-state index contributed by atoms with van der Waals surface area (Å²) in [6.45, 7) is 4.14. The fraction of sp³-hybridized carbons (Fsp3) is 0.706. The van der Waals surface area contributed by atoms with Crippen LogP contribution in [0.15, 0.2) is 4.99 Å². The van der Waals surface area contributed by atoms with Gasteiger partial charge in [0.05, 0.1) is 12.6 Å². The van der Waals surface area contributed by atoms with Crippen molar-refractivity contribution in [2.45, 2.75) is 57.8 Å². The van der Waals surface area contributed by atoms with Gasteiger partial charge in [0.25, 0.3) is 0 Å². The number of carboxylic acid groups (broad SMARTS) is 1. The zero-order valence-electron chi connectivity index (χ0n) is 17.4. The predicted molar refractivity (Wildman–Crippen MR) is 109 cm³/mol. The van der Waals surface area contributed by atoms with Crippen molar-refractivity contribution < 1.29 is 29.4 Å². The van der Waals surface area contributed by atoms with Gasteiger partial charge in [-0.2, -0.15) is 0 Å². The molecule has 0 heterocycles. The van der Waals surface area contributed by atoms with Gasteiger partial charge in [0.2, 0.25) is 17.7 Å². The van der Waals surface area contributed by atoms with Crippen LogP contribution in [-0.4, -0.2) is 77.2 Å². The van der Waals surface area contributed by atoms with E-state index >= 15 is 0 Å². The molecule has 0 radical (unpaired) electrons. The van der Waals surface area contributed by atoms with Gasteiger partial charge < -0.3 is 43.4 Å². The number of aliphatic hydroxyl groups is 1. The van der Waals surface area contributed by atoms with Gasteiger partial charge in [0.1, 0.15) is 18.1 Å². The van der Waals surface area contributed by atoms with E-state index in [-0.39, 0.29) is 24.8 Å². The third-order valence-electron chi connectivity index (χ3n) is 4.10. The summed E-state index contributed by atoms with van der Waals surface area (Å²) in [5, 5.41) is 25.4. The van der Waals surface area contributed by atoms with E-state index in [0.29, 0.717) is 6.42 Å². The van der Waals surface area contributed by atoms with Crippen LogP contribution in [0.5, 0.6) is 0 Å². The SMILES string of the molecule is CC(NC(=O)C(NC(=O)C(CO)NC(=O)C(N)CCCN=C(N)N)C(C)C)C(=O)O. The van der Waals surface area contributed by atoms with E-state index in [4.69, 9.17) is 22.3 Å². The Bertz CT molecular complexity index is 636. The van der Waals surface area contributed by atoms with E-state index in [2.05, 4.69) is 20.9 Å². The fourth-order valence-electron chi connectivity index (χ4n) is 2.28. The van der Waals surface area contributed by atoms with Crippen molar-refractivity contribution in [3.63, 3.8) is 0 Å². The lowest BCUT2D eigenvalue weighted by Crippen LogP contribution is -2.59. The lowest BCUT2D eigenvalue weighted by Gasteiger charge is -2.25. The van der Waals surface area contributed by atoms with Crippen LogP contribution in [0.4, 0.5) is 0 Å². The van der Waals surface area contributed by atoms with Gasteiger partial charge in [-0.3, -0.25) is 24.2 Å². The average Bonchev–Trinajstić information content (AvgIpc) is 2.65. The summed E-state index contributed by atoms with van der Waals surface area (Å²) in [5.74, 6) is -3.87. The monoisotopic (exact) mass is 431 g/mol. The minimum absolute atomic E-state index is 0.0773. The van der Waals surface area contributed by atoms with E-state index in [9.17, 15) is 24.3 Å². The zero-order chi connectivity index (χ0) is 23.4. The molecule has 13 nitrogen and oxygen atoms in total. The van der Waals surface area contributed by atoms with Crippen molar-refractivity contribution in [2.75, 3.05) is 13.2 Å². The van der Waals surface area contributed by atoms with Crippen LogP contribution in [0.2, 0.25) is 0 Å². The largest absolute Gasteiger partial charge is 0.480 e. The number of aliphatic carboxylic acids is 1. The summed E-state index contributed by atoms with van der Waals surface area (Å²) in [4.78, 5) is 51.6. The molecule has 0 fully saturated rings. The number of carbonyl (C=O) groups excluding carboxylic acids is 3. The number of rotatable bonds is 13. The van der Waals surface area contributed by atoms with E-state index in [1.807, 2.05) is 0 Å². The van der Waals surface area contributed by atoms with E-state index < -0.39 is 54.5 Å². The van der Waals surface area contributed by atoms with Gasteiger partial charge in [-0.25, -0.2) is 0 Å². The van der Waals surface area contributed by atoms with Crippen molar-refractivity contribution >= 4 is 29.7 Å². The smallest absolute Gasteiger partial charge is 0.325 e. The molecule has 0 saturated carbocycles. The predicted octanol–water partition coefficient (Wildman–Crippen LogP) is -3.43. The molecule has 4 atom stereocenters. The number of aliphatic hydroxyl groups excluding tert-OH is 1. The molecule has 4 unspecified atom stereocenters. The number of carboxylic acids is 1. The Balaban J connectivity index is 4.88. The van der Waals surface area contributed by atoms with Crippen LogP contribution >= 0.6 is 0 Å². The Morgan fingerprint density at radius 1 is 0.967 bits per heavy atom. The van der Waals surface area contributed by atoms with Gasteiger partial charge in [0.15, 0.2) is 5.96 Å². The van der Waals surface area contributed by atoms with Crippen LogP contribution < -0.4 is 33.2 Å². The molecule has 13 heteroatoms. The minimum atomic E-state index is -1.34. The minimum Gasteiger partial charge on any atom is -0.480 e. The molecule has 0 aliphatic heterocycles. The van der Waals surface area contributed by atoms with Crippen LogP contribution in [-0.2, 0) is 19.2 Å². The maximum absolute atomic E-state index is 12.4. The molecule has 0 aliphatic carbocycles. The molecular formula is C17H33N7O6. The Morgan fingerprint density at radius 2 is 1.57 bits per heavy atom. The highest BCUT2D eigenvalue weighted by Gasteiger charge is 2.30. The highest BCUT2D eigenvalue weighted by atomic mass is 16.4. The Labute approximate surface area is 174 Å². The molecule has 0 aromatic carbocycles. The molecule has 30 heavy (non-hydrogen) atoms. The summed E-state index contributed by atoms with van der Waals surface area (Å²) in [6.07, 6.45) is 0.673. The van der Waals surface area contributed by atoms with Crippen molar-refractivity contribution in [3.05, 3.63) is 0 Å². The van der Waals surface area contributed by atoms with Crippen LogP contribution in [0.3, 0.4) is 0 Å². The second-order valence-electron chi connectivity index (χ2n) is 7.10. The number of nitrogens with two attached hydrogens (primary N) is 3. The Hall–Kier alpha value is -2.93. The second-order valence-corrected chi connectivity index (χ2v) is 7.10. The first-order chi connectivity index (χ1) is 13.9. The normalized spacial score (nSPS) is 14.7. The molecule has 3 amide bonds. The standard InChI is InChI=1S/C17H33N7O6/c1-8(2)12(15(28)22-9(3)16(29)30)24-14(27)11(7-25)23-13(26)10(18)5-4-6-21-17(19)20/h8-12,25H,4-7,18H2,1-3H3,(H,22,28)(H,23,26)(H,24,27)(H,29,30)(H4,19,20,21). The van der Waals surface area contributed by atoms with Crippen molar-refractivity contribution in [1.29, 1.82) is 0 Å². The summed E-state index contributed by atoms with van der Waals surface area (Å²) in [7, 11) is 0. The van der Waals surface area contributed by atoms with Crippen molar-refractivity contribution in [3.8, 4) is 0 Å². The molecule has 0 aromatic heterocycles. The Kier molecular flexibility index (Phi) is 12.0. The highest BCUT2D eigenvalue weighted by Crippen LogP contribution is 2.04. The molecular weight excluding hydrogens is 398 g/mol. The number of hydrogen-bond donors (Lipinski definition) is 8. The maximum Gasteiger partial charge on any atom is 0.325 e. The average molecular weight is 431 g/mol. The maximum atomic E-state index is 12.4. The number of guanidine groups is 1. The van der Waals surface area contributed by atoms with Gasteiger partial charge in [-0.15, -0.1) is 0 Å². The molecule has 0 saturated heterocycles. The number of hydrogen-bond acceptors (Lipinski definition) is 7. The first-order valence-corrected chi connectivity index (χ1v) is 9.46. The molecule has 0 aromatic rings. The number of carbonyl (C=O) groups is 4. The first-order valence-electron chi connectivity index (χ1n) is 9.46. The first kappa shape index (κ1) is 27.1. The van der Waals surface area contributed by atoms with E-state index in [1.54, 1.807) is 13.8 Å². The van der Waals surface area contributed by atoms with Crippen molar-refractivity contribution in [1.82, 2.24) is 16.0 Å². The van der Waals surface area contributed by atoms with Crippen LogP contribution in [0.25, 0.3) is 0 Å². The third kappa shape index (κ3) is 10.0. The van der Waals surface area contributed by atoms with E-state index in [1.165, 1.54) is 6.92 Å². The van der Waals surface area contributed by atoms with Crippen LogP contribution in [0, 0.1) is 5.92 Å². The fourth-order valence-corrected chi connectivity index (χ4v) is 2.28. The number of amides is 3. The zero-order valence-corrected chi connectivity index (χ0v) is 17.4. The molecule has 0 aliphatic rings. The van der Waals surface area contributed by atoms with Gasteiger partial charge in [-0.1, -0.05) is 13.8 Å². The molecule has 0 spiro atoms. The summed E-state index contributed by atoms with van der Waals surface area (Å²) in [6, 6.07) is -4.52. The van der Waals surface area contributed by atoms with Gasteiger partial charge in [0, 0.05) is 6.54 Å². The topological polar surface area (TPSA) is 235 Å². The van der Waals surface area contributed by atoms with E-state index in [0.717, 1.165) is 0 Å². The summed E-state index contributed by atoms with van der Waals surface area (Å²) in [5.41, 5.74) is 16.2. The Morgan fingerprint density at radius 3 is 2.03 bits per heavy atom. The third-order valence-corrected chi connectivity index (χ3v) is 4.10. The molecule has 11 N–H and O–H groups in total. The number of aliphatic imine (C=N–C) groups is 1. The number of nitrogens with zero attached hydrogens (tertiary/aromatic N) is 1. The second kappa shape index (κ2) is 13.3. The van der Waals surface area contributed by atoms with Crippen LogP contribution in [0.1, 0.15) is 33.6 Å². The van der Waals surface area contributed by atoms with Crippen molar-refractivity contribution in [2.24, 2.45) is 28.1 Å². The lowest BCUT2D eigenvalue weighted by atomic mass is 10.0. The van der Waals surface area contributed by atoms with Gasteiger partial charge >= 0.3 is 5.97 Å². The highest BCUT2D eigenvalue weighted by molar-refractivity contribution is 5.94. The quantitative estimate of drug-likeness (QED) is 0.0821. The lowest BCUT2D eigenvalue weighted by molar-refractivity contribution is -0.142. The van der Waals surface area contributed by atoms with Gasteiger partial charge in [-0.05, 0) is 25.7 Å². The summed E-state index contributed by atoms with van der Waals surface area (Å²) < 4.78 is 0. The summed E-state index contributed by atoms with van der Waals surface area (Å²) >= 11 is 0.